The number of amides is 1. The van der Waals surface area contributed by atoms with Crippen LogP contribution in [0.4, 0.5) is 0 Å². The molecule has 2 rings (SSSR count). The van der Waals surface area contributed by atoms with Crippen LogP contribution in [0.5, 0.6) is 0 Å². The maximum atomic E-state index is 11.8. The van der Waals surface area contributed by atoms with Gasteiger partial charge in [-0.05, 0) is 32.7 Å². The van der Waals surface area contributed by atoms with Crippen LogP contribution in [0.3, 0.4) is 0 Å². The van der Waals surface area contributed by atoms with Crippen molar-refractivity contribution in [2.45, 2.75) is 44.8 Å². The van der Waals surface area contributed by atoms with E-state index in [0.29, 0.717) is 19.2 Å². The lowest BCUT2D eigenvalue weighted by atomic mass is 10.0. The van der Waals surface area contributed by atoms with Gasteiger partial charge in [-0.2, -0.15) is 0 Å². The summed E-state index contributed by atoms with van der Waals surface area (Å²) in [5, 5.41) is 6.15. The van der Waals surface area contributed by atoms with Gasteiger partial charge in [0.1, 0.15) is 6.10 Å². The quantitative estimate of drug-likeness (QED) is 0.708. The van der Waals surface area contributed by atoms with E-state index in [2.05, 4.69) is 22.5 Å². The van der Waals surface area contributed by atoms with Gasteiger partial charge in [0.15, 0.2) is 0 Å². The van der Waals surface area contributed by atoms with E-state index in [9.17, 15) is 4.79 Å². The molecule has 1 unspecified atom stereocenters. The van der Waals surface area contributed by atoms with Crippen molar-refractivity contribution in [3.8, 4) is 0 Å². The molecule has 0 saturated carbocycles. The molecular formula is C14H27N3O2. The van der Waals surface area contributed by atoms with Gasteiger partial charge in [-0.1, -0.05) is 6.42 Å². The average molecular weight is 269 g/mol. The number of nitrogens with one attached hydrogen (secondary N) is 2. The first-order chi connectivity index (χ1) is 9.27. The summed E-state index contributed by atoms with van der Waals surface area (Å²) in [5.74, 6) is 0.0268. The Morgan fingerprint density at radius 2 is 2.37 bits per heavy atom. The first-order valence-electron chi connectivity index (χ1n) is 7.61. The van der Waals surface area contributed by atoms with Gasteiger partial charge in [-0.3, -0.25) is 4.79 Å². The van der Waals surface area contributed by atoms with E-state index in [1.807, 2.05) is 0 Å². The average Bonchev–Trinajstić information content (AvgIpc) is 2.46. The molecule has 2 aliphatic heterocycles. The Hall–Kier alpha value is -0.650. The van der Waals surface area contributed by atoms with Crippen LogP contribution in [-0.2, 0) is 9.53 Å². The topological polar surface area (TPSA) is 53.6 Å². The Balaban J connectivity index is 1.56. The molecular weight excluding hydrogens is 242 g/mol. The van der Waals surface area contributed by atoms with E-state index in [1.165, 1.54) is 25.8 Å². The third-order valence-corrected chi connectivity index (χ3v) is 4.08. The van der Waals surface area contributed by atoms with Gasteiger partial charge in [-0.25, -0.2) is 0 Å². The third-order valence-electron chi connectivity index (χ3n) is 4.08. The van der Waals surface area contributed by atoms with Crippen molar-refractivity contribution in [2.24, 2.45) is 0 Å². The molecule has 5 heteroatoms. The molecule has 2 heterocycles. The van der Waals surface area contributed by atoms with Crippen molar-refractivity contribution >= 4 is 5.91 Å². The number of nitrogens with zero attached hydrogens (tertiary/aromatic N) is 1. The highest BCUT2D eigenvalue weighted by atomic mass is 16.5. The largest absolute Gasteiger partial charge is 0.366 e. The molecule has 0 aromatic heterocycles. The summed E-state index contributed by atoms with van der Waals surface area (Å²) >= 11 is 0. The van der Waals surface area contributed by atoms with Crippen LogP contribution in [0, 0.1) is 0 Å². The number of rotatable bonds is 5. The minimum atomic E-state index is -0.303. The maximum absolute atomic E-state index is 11.8. The summed E-state index contributed by atoms with van der Waals surface area (Å²) in [6.45, 7) is 7.46. The van der Waals surface area contributed by atoms with Crippen LogP contribution in [0.15, 0.2) is 0 Å². The fourth-order valence-corrected chi connectivity index (χ4v) is 2.83. The number of carbonyl (C=O) groups excluding carboxylic acids is 1. The van der Waals surface area contributed by atoms with Crippen molar-refractivity contribution in [3.63, 3.8) is 0 Å². The van der Waals surface area contributed by atoms with Crippen molar-refractivity contribution in [2.75, 3.05) is 39.3 Å². The first-order valence-corrected chi connectivity index (χ1v) is 7.61. The number of carbonyl (C=O) groups is 1. The summed E-state index contributed by atoms with van der Waals surface area (Å²) < 4.78 is 5.42. The van der Waals surface area contributed by atoms with Gasteiger partial charge in [0.25, 0.3) is 0 Å². The van der Waals surface area contributed by atoms with Gasteiger partial charge in [0.2, 0.25) is 5.91 Å². The van der Waals surface area contributed by atoms with Gasteiger partial charge >= 0.3 is 0 Å². The van der Waals surface area contributed by atoms with Crippen LogP contribution < -0.4 is 10.6 Å². The van der Waals surface area contributed by atoms with E-state index in [1.54, 1.807) is 0 Å². The smallest absolute Gasteiger partial charge is 0.250 e. The standard InChI is InChI=1S/C14H27N3O2/c1-12-5-2-3-8-17(12)9-4-6-16-14(18)13-11-15-7-10-19-13/h12-13,15H,2-11H2,1H3,(H,16,18)/t12?,13-/m1/s1. The van der Waals surface area contributed by atoms with Crippen LogP contribution >= 0.6 is 0 Å². The fraction of sp³-hybridized carbons (Fsp3) is 0.929. The van der Waals surface area contributed by atoms with Crippen LogP contribution in [0.2, 0.25) is 0 Å². The zero-order chi connectivity index (χ0) is 13.5. The van der Waals surface area contributed by atoms with Gasteiger partial charge in [0.05, 0.1) is 6.61 Å². The molecule has 0 bridgehead atoms. The summed E-state index contributed by atoms with van der Waals surface area (Å²) in [6.07, 6.45) is 4.71. The Morgan fingerprint density at radius 3 is 3.11 bits per heavy atom. The van der Waals surface area contributed by atoms with E-state index in [4.69, 9.17) is 4.74 Å². The van der Waals surface area contributed by atoms with Crippen molar-refractivity contribution in [3.05, 3.63) is 0 Å². The number of hydrogen-bond acceptors (Lipinski definition) is 4. The Kier molecular flexibility index (Phi) is 6.07. The van der Waals surface area contributed by atoms with Crippen molar-refractivity contribution in [1.29, 1.82) is 0 Å². The molecule has 2 atom stereocenters. The predicted molar refractivity (Wildman–Crippen MR) is 75.1 cm³/mol. The Morgan fingerprint density at radius 1 is 1.47 bits per heavy atom. The monoisotopic (exact) mass is 269 g/mol. The SMILES string of the molecule is CC1CCCCN1CCCNC(=O)[C@H]1CNCCO1. The molecule has 1 amide bonds. The zero-order valence-electron chi connectivity index (χ0n) is 12.0. The molecule has 0 aliphatic carbocycles. The molecule has 0 spiro atoms. The summed E-state index contributed by atoms with van der Waals surface area (Å²) in [4.78, 5) is 14.4. The number of ether oxygens (including phenoxy) is 1. The lowest BCUT2D eigenvalue weighted by Crippen LogP contribution is -2.48. The van der Waals surface area contributed by atoms with Crippen molar-refractivity contribution in [1.82, 2.24) is 15.5 Å². The number of morpholine rings is 1. The highest BCUT2D eigenvalue weighted by Gasteiger charge is 2.21. The molecule has 2 N–H and O–H groups in total. The Labute approximate surface area is 116 Å². The number of hydrogen-bond donors (Lipinski definition) is 2. The van der Waals surface area contributed by atoms with E-state index in [0.717, 1.165) is 26.1 Å². The molecule has 5 nitrogen and oxygen atoms in total. The first kappa shape index (κ1) is 14.8. The van der Waals surface area contributed by atoms with Crippen LogP contribution in [0.1, 0.15) is 32.6 Å². The fourth-order valence-electron chi connectivity index (χ4n) is 2.83. The lowest BCUT2D eigenvalue weighted by molar-refractivity contribution is -0.134. The highest BCUT2D eigenvalue weighted by Crippen LogP contribution is 2.15. The third kappa shape index (κ3) is 4.75. The minimum absolute atomic E-state index is 0.0268. The molecule has 2 aliphatic rings. The van der Waals surface area contributed by atoms with Gasteiger partial charge in [0, 0.05) is 32.2 Å². The normalized spacial score (nSPS) is 29.1. The number of likely N-dealkylation sites (tertiary alicyclic amines) is 1. The zero-order valence-corrected chi connectivity index (χ0v) is 12.0. The predicted octanol–water partition coefficient (Wildman–Crippen LogP) is 0.356. The van der Waals surface area contributed by atoms with E-state index >= 15 is 0 Å². The van der Waals surface area contributed by atoms with Gasteiger partial charge < -0.3 is 20.3 Å². The second kappa shape index (κ2) is 7.82. The molecule has 19 heavy (non-hydrogen) atoms. The van der Waals surface area contributed by atoms with E-state index < -0.39 is 0 Å². The summed E-state index contributed by atoms with van der Waals surface area (Å²) in [6, 6.07) is 0.704. The van der Waals surface area contributed by atoms with Gasteiger partial charge in [-0.15, -0.1) is 0 Å². The maximum Gasteiger partial charge on any atom is 0.250 e. The molecule has 2 saturated heterocycles. The number of piperidine rings is 1. The van der Waals surface area contributed by atoms with E-state index in [-0.39, 0.29) is 12.0 Å². The molecule has 2 fully saturated rings. The highest BCUT2D eigenvalue weighted by molar-refractivity contribution is 5.81. The lowest BCUT2D eigenvalue weighted by Gasteiger charge is -2.33. The summed E-state index contributed by atoms with van der Waals surface area (Å²) in [5.41, 5.74) is 0. The summed E-state index contributed by atoms with van der Waals surface area (Å²) in [7, 11) is 0. The second-order valence-corrected chi connectivity index (χ2v) is 5.59. The van der Waals surface area contributed by atoms with Crippen LogP contribution in [0.25, 0.3) is 0 Å². The second-order valence-electron chi connectivity index (χ2n) is 5.59. The molecule has 0 radical (unpaired) electrons. The molecule has 0 aromatic rings. The van der Waals surface area contributed by atoms with Crippen LogP contribution in [-0.4, -0.2) is 62.3 Å². The minimum Gasteiger partial charge on any atom is -0.366 e. The van der Waals surface area contributed by atoms with Crippen molar-refractivity contribution < 1.29 is 9.53 Å². The Bertz CT molecular complexity index is 280. The molecule has 0 aromatic carbocycles. The molecule has 110 valence electrons.